The van der Waals surface area contributed by atoms with Gasteiger partial charge in [0, 0.05) is 12.2 Å². The van der Waals surface area contributed by atoms with Crippen LogP contribution in [-0.2, 0) is 0 Å². The van der Waals surface area contributed by atoms with Gasteiger partial charge in [-0.3, -0.25) is 4.79 Å². The summed E-state index contributed by atoms with van der Waals surface area (Å²) in [6.45, 7) is 6.99. The van der Waals surface area contributed by atoms with Crippen molar-refractivity contribution in [2.75, 3.05) is 11.9 Å². The minimum Gasteiger partial charge on any atom is -0.384 e. The maximum atomic E-state index is 12.5. The van der Waals surface area contributed by atoms with Crippen LogP contribution in [0.5, 0.6) is 0 Å². The number of nitrogens with one attached hydrogen (secondary N) is 2. The zero-order valence-electron chi connectivity index (χ0n) is 12.8. The molecule has 2 N–H and O–H groups in total. The van der Waals surface area contributed by atoms with E-state index in [-0.39, 0.29) is 11.9 Å². The molecule has 1 aromatic heterocycles. The van der Waals surface area contributed by atoms with Crippen LogP contribution in [-0.4, -0.2) is 12.5 Å². The highest BCUT2D eigenvalue weighted by molar-refractivity contribution is 7.07. The lowest BCUT2D eigenvalue weighted by atomic mass is 10.1. The molecule has 0 fully saturated rings. The first-order chi connectivity index (χ1) is 10.1. The topological polar surface area (TPSA) is 41.1 Å². The maximum Gasteiger partial charge on any atom is 0.253 e. The van der Waals surface area contributed by atoms with Crippen molar-refractivity contribution < 1.29 is 4.79 Å². The van der Waals surface area contributed by atoms with Gasteiger partial charge in [-0.15, -0.1) is 0 Å². The molecule has 2 rings (SSSR count). The van der Waals surface area contributed by atoms with Crippen molar-refractivity contribution >= 4 is 22.9 Å². The van der Waals surface area contributed by atoms with Gasteiger partial charge in [-0.05, 0) is 54.8 Å². The zero-order valence-corrected chi connectivity index (χ0v) is 13.6. The highest BCUT2D eigenvalue weighted by Crippen LogP contribution is 2.20. The summed E-state index contributed by atoms with van der Waals surface area (Å²) < 4.78 is 0. The lowest BCUT2D eigenvalue weighted by Gasteiger charge is -2.16. The molecule has 112 valence electrons. The van der Waals surface area contributed by atoms with E-state index in [9.17, 15) is 4.79 Å². The molecule has 0 saturated heterocycles. The highest BCUT2D eigenvalue weighted by Gasteiger charge is 2.15. The van der Waals surface area contributed by atoms with Gasteiger partial charge in [-0.25, -0.2) is 0 Å². The molecule has 0 bridgehead atoms. The fraction of sp³-hybridized carbons (Fsp3) is 0.353. The Morgan fingerprint density at radius 1 is 1.33 bits per heavy atom. The zero-order chi connectivity index (χ0) is 15.2. The fourth-order valence-electron chi connectivity index (χ4n) is 2.14. The number of carbonyl (C=O) groups is 1. The third kappa shape index (κ3) is 4.08. The Hall–Kier alpha value is -1.81. The van der Waals surface area contributed by atoms with Crippen molar-refractivity contribution in [2.45, 2.75) is 33.2 Å². The van der Waals surface area contributed by atoms with Crippen LogP contribution in [0, 0.1) is 6.92 Å². The van der Waals surface area contributed by atoms with E-state index in [0.717, 1.165) is 29.8 Å². The number of thiophene rings is 1. The minimum absolute atomic E-state index is 0.0169. The Labute approximate surface area is 130 Å². The van der Waals surface area contributed by atoms with Crippen LogP contribution in [0.3, 0.4) is 0 Å². The fourth-order valence-corrected chi connectivity index (χ4v) is 2.89. The predicted octanol–water partition coefficient (Wildman–Crippen LogP) is 4.37. The largest absolute Gasteiger partial charge is 0.384 e. The standard InChI is InChI=1S/C17H22N2OS/c1-4-8-18-16-6-5-12(2)10-15(16)17(20)19-13(3)14-7-9-21-11-14/h5-7,9-11,13,18H,4,8H2,1-3H3,(H,19,20). The molecule has 1 atom stereocenters. The van der Waals surface area contributed by atoms with Gasteiger partial charge in [0.15, 0.2) is 0 Å². The molecule has 21 heavy (non-hydrogen) atoms. The lowest BCUT2D eigenvalue weighted by Crippen LogP contribution is -2.27. The second-order valence-corrected chi connectivity index (χ2v) is 6.01. The number of anilines is 1. The summed E-state index contributed by atoms with van der Waals surface area (Å²) in [4.78, 5) is 12.5. The van der Waals surface area contributed by atoms with Gasteiger partial charge in [-0.2, -0.15) is 11.3 Å². The molecule has 0 saturated carbocycles. The van der Waals surface area contributed by atoms with Gasteiger partial charge in [0.05, 0.1) is 11.6 Å². The first kappa shape index (κ1) is 15.6. The average Bonchev–Trinajstić information content (AvgIpc) is 3.00. The molecular formula is C17H22N2OS. The van der Waals surface area contributed by atoms with Crippen LogP contribution in [0.2, 0.25) is 0 Å². The number of hydrogen-bond acceptors (Lipinski definition) is 3. The number of hydrogen-bond donors (Lipinski definition) is 2. The van der Waals surface area contributed by atoms with Crippen LogP contribution in [0.15, 0.2) is 35.0 Å². The van der Waals surface area contributed by atoms with E-state index in [4.69, 9.17) is 0 Å². The molecule has 1 aromatic carbocycles. The van der Waals surface area contributed by atoms with E-state index in [1.54, 1.807) is 11.3 Å². The van der Waals surface area contributed by atoms with Gasteiger partial charge >= 0.3 is 0 Å². The Kier molecular flexibility index (Phi) is 5.39. The second kappa shape index (κ2) is 7.27. The highest BCUT2D eigenvalue weighted by atomic mass is 32.1. The van der Waals surface area contributed by atoms with Crippen LogP contribution in [0.25, 0.3) is 0 Å². The Bertz CT molecular complexity index is 593. The normalized spacial score (nSPS) is 12.0. The van der Waals surface area contributed by atoms with Crippen molar-refractivity contribution in [2.24, 2.45) is 0 Å². The molecule has 4 heteroatoms. The van der Waals surface area contributed by atoms with Crippen molar-refractivity contribution in [3.63, 3.8) is 0 Å². The van der Waals surface area contributed by atoms with Gasteiger partial charge in [0.1, 0.15) is 0 Å². The monoisotopic (exact) mass is 302 g/mol. The summed E-state index contributed by atoms with van der Waals surface area (Å²) in [5, 5.41) is 10.5. The molecule has 1 unspecified atom stereocenters. The van der Waals surface area contributed by atoms with E-state index in [1.807, 2.05) is 43.5 Å². The summed E-state index contributed by atoms with van der Waals surface area (Å²) in [7, 11) is 0. The smallest absolute Gasteiger partial charge is 0.253 e. The van der Waals surface area contributed by atoms with E-state index < -0.39 is 0 Å². The number of aryl methyl sites for hydroxylation is 1. The number of carbonyl (C=O) groups excluding carboxylic acids is 1. The quantitative estimate of drug-likeness (QED) is 0.832. The van der Waals surface area contributed by atoms with Gasteiger partial charge in [-0.1, -0.05) is 18.6 Å². The van der Waals surface area contributed by atoms with E-state index in [2.05, 4.69) is 22.9 Å². The molecular weight excluding hydrogens is 280 g/mol. The van der Waals surface area contributed by atoms with E-state index >= 15 is 0 Å². The van der Waals surface area contributed by atoms with Gasteiger partial charge in [0.2, 0.25) is 0 Å². The van der Waals surface area contributed by atoms with Crippen molar-refractivity contribution in [1.82, 2.24) is 5.32 Å². The first-order valence-electron chi connectivity index (χ1n) is 7.29. The third-order valence-corrected chi connectivity index (χ3v) is 4.08. The first-order valence-corrected chi connectivity index (χ1v) is 8.23. The number of rotatable bonds is 6. The number of benzene rings is 1. The Morgan fingerprint density at radius 2 is 2.14 bits per heavy atom. The predicted molar refractivity (Wildman–Crippen MR) is 90.2 cm³/mol. The molecule has 0 aliphatic heterocycles. The summed E-state index contributed by atoms with van der Waals surface area (Å²) in [6.07, 6.45) is 1.03. The second-order valence-electron chi connectivity index (χ2n) is 5.23. The Balaban J connectivity index is 2.15. The van der Waals surface area contributed by atoms with Gasteiger partial charge in [0.25, 0.3) is 5.91 Å². The summed E-state index contributed by atoms with van der Waals surface area (Å²) >= 11 is 1.64. The van der Waals surface area contributed by atoms with E-state index in [0.29, 0.717) is 5.56 Å². The summed E-state index contributed by atoms with van der Waals surface area (Å²) in [5.41, 5.74) is 3.84. The SMILES string of the molecule is CCCNc1ccc(C)cc1C(=O)NC(C)c1ccsc1. The van der Waals surface area contributed by atoms with Crippen molar-refractivity contribution in [3.8, 4) is 0 Å². The third-order valence-electron chi connectivity index (χ3n) is 3.38. The summed E-state index contributed by atoms with van der Waals surface area (Å²) in [6, 6.07) is 8.01. The van der Waals surface area contributed by atoms with Crippen molar-refractivity contribution in [3.05, 3.63) is 51.7 Å². The molecule has 0 aliphatic carbocycles. The Morgan fingerprint density at radius 3 is 2.81 bits per heavy atom. The average molecular weight is 302 g/mol. The lowest BCUT2D eigenvalue weighted by molar-refractivity contribution is 0.0940. The molecule has 1 amide bonds. The van der Waals surface area contributed by atoms with Crippen LogP contribution in [0.4, 0.5) is 5.69 Å². The maximum absolute atomic E-state index is 12.5. The molecule has 2 aromatic rings. The van der Waals surface area contributed by atoms with Crippen LogP contribution < -0.4 is 10.6 Å². The minimum atomic E-state index is -0.0315. The van der Waals surface area contributed by atoms with Crippen molar-refractivity contribution in [1.29, 1.82) is 0 Å². The van der Waals surface area contributed by atoms with E-state index in [1.165, 1.54) is 0 Å². The van der Waals surface area contributed by atoms with Gasteiger partial charge < -0.3 is 10.6 Å². The molecule has 0 spiro atoms. The van der Waals surface area contributed by atoms with Crippen LogP contribution in [0.1, 0.15) is 47.8 Å². The van der Waals surface area contributed by atoms with Crippen LogP contribution >= 0.6 is 11.3 Å². The molecule has 0 aliphatic rings. The molecule has 1 heterocycles. The molecule has 3 nitrogen and oxygen atoms in total. The molecule has 0 radical (unpaired) electrons. The summed E-state index contributed by atoms with van der Waals surface area (Å²) in [5.74, 6) is -0.0315. The number of amides is 1.